The van der Waals surface area contributed by atoms with Crippen molar-refractivity contribution in [2.45, 2.75) is 31.0 Å². The van der Waals surface area contributed by atoms with Gasteiger partial charge in [-0.25, -0.2) is 4.99 Å². The van der Waals surface area contributed by atoms with Crippen LogP contribution in [0.2, 0.25) is 0 Å². The summed E-state index contributed by atoms with van der Waals surface area (Å²) in [6.07, 6.45) is 3.74. The van der Waals surface area contributed by atoms with Gasteiger partial charge in [-0.2, -0.15) is 0 Å². The second kappa shape index (κ2) is 11.6. The molecule has 4 heterocycles. The Morgan fingerprint density at radius 1 is 0.894 bits per heavy atom. The Morgan fingerprint density at radius 2 is 1.60 bits per heavy atom. The molecular weight excluding hydrogens is 607 g/mol. The lowest BCUT2D eigenvalue weighted by Crippen LogP contribution is -2.60. The highest BCUT2D eigenvalue weighted by Crippen LogP contribution is 2.44. The fourth-order valence-corrected chi connectivity index (χ4v) is 7.58. The van der Waals surface area contributed by atoms with E-state index in [2.05, 4.69) is 16.4 Å². The summed E-state index contributed by atoms with van der Waals surface area (Å²) in [4.78, 5) is 42.4. The van der Waals surface area contributed by atoms with Crippen LogP contribution in [-0.4, -0.2) is 45.6 Å². The summed E-state index contributed by atoms with van der Waals surface area (Å²) in [5.41, 5.74) is 9.41. The maximum absolute atomic E-state index is 14.4. The quantitative estimate of drug-likeness (QED) is 0.229. The molecule has 3 aromatic carbocycles. The first-order chi connectivity index (χ1) is 22.7. The van der Waals surface area contributed by atoms with Crippen molar-refractivity contribution in [1.29, 1.82) is 5.41 Å². The van der Waals surface area contributed by atoms with E-state index in [0.717, 1.165) is 38.4 Å². The number of guanidine groups is 2. The summed E-state index contributed by atoms with van der Waals surface area (Å²) in [7, 11) is 1.63. The number of carbonyl (C=O) groups excluding carboxylic acids is 2. The number of aromatic nitrogens is 1. The van der Waals surface area contributed by atoms with Crippen LogP contribution >= 0.6 is 11.3 Å². The molecule has 0 aliphatic carbocycles. The Morgan fingerprint density at radius 3 is 2.26 bits per heavy atom. The minimum Gasteiger partial charge on any atom is -0.369 e. The van der Waals surface area contributed by atoms with E-state index in [1.807, 2.05) is 115 Å². The van der Waals surface area contributed by atoms with E-state index in [-0.39, 0.29) is 36.7 Å². The average Bonchev–Trinajstić information content (AvgIpc) is 3.70. The van der Waals surface area contributed by atoms with Gasteiger partial charge in [0.1, 0.15) is 0 Å². The van der Waals surface area contributed by atoms with Gasteiger partial charge in [-0.1, -0.05) is 78.9 Å². The standard InChI is InChI=1S/C37H33N7O2S/c1-36(31-20-27(24-47-31)26-12-10-18-40-22-26)21-32(45)42(2)35(39)44(36)30-17-9-11-25(19-30)23-43-33(46)37(41-34(43)38,28-13-5-3-6-14-28)29-15-7-4-8-16-29/h3-20,22,24,39H,21,23H2,1-2H3,(H2,38,41)/t36-/m0/s1. The topological polar surface area (TPSA) is 119 Å². The Kier molecular flexibility index (Phi) is 7.44. The lowest BCUT2D eigenvalue weighted by molar-refractivity contribution is -0.130. The number of thiophene rings is 1. The molecule has 5 aromatic rings. The van der Waals surface area contributed by atoms with Crippen LogP contribution in [0.3, 0.4) is 0 Å². The van der Waals surface area contributed by atoms with Crippen LogP contribution in [0.5, 0.6) is 0 Å². The molecule has 7 rings (SSSR count). The number of carbonyl (C=O) groups is 2. The molecule has 2 amide bonds. The Bertz CT molecular complexity index is 1970. The van der Waals surface area contributed by atoms with E-state index in [9.17, 15) is 9.59 Å². The molecule has 1 atom stereocenters. The number of amides is 2. The molecule has 0 radical (unpaired) electrons. The third kappa shape index (κ3) is 4.97. The maximum atomic E-state index is 14.4. The van der Waals surface area contributed by atoms with Crippen molar-refractivity contribution in [1.82, 2.24) is 14.8 Å². The molecule has 10 heteroatoms. The molecule has 0 saturated carbocycles. The first-order valence-corrected chi connectivity index (χ1v) is 16.1. The van der Waals surface area contributed by atoms with E-state index >= 15 is 0 Å². The number of nitrogens with zero attached hydrogens (tertiary/aromatic N) is 5. The predicted molar refractivity (Wildman–Crippen MR) is 185 cm³/mol. The number of pyridine rings is 1. The summed E-state index contributed by atoms with van der Waals surface area (Å²) in [6, 6.07) is 32.7. The van der Waals surface area contributed by atoms with Gasteiger partial charge in [-0.15, -0.1) is 11.3 Å². The van der Waals surface area contributed by atoms with E-state index in [0.29, 0.717) is 0 Å². The average molecular weight is 640 g/mol. The fraction of sp³-hybridized carbons (Fsp3) is 0.162. The summed E-state index contributed by atoms with van der Waals surface area (Å²) in [6.45, 7) is 2.18. The lowest BCUT2D eigenvalue weighted by atomic mass is 9.83. The van der Waals surface area contributed by atoms with E-state index < -0.39 is 11.1 Å². The molecule has 0 bridgehead atoms. The van der Waals surface area contributed by atoms with Crippen molar-refractivity contribution in [2.75, 3.05) is 11.9 Å². The van der Waals surface area contributed by atoms with Gasteiger partial charge in [0.25, 0.3) is 5.91 Å². The number of aliphatic imine (C=N–C) groups is 1. The minimum absolute atomic E-state index is 0.0720. The lowest BCUT2D eigenvalue weighted by Gasteiger charge is -2.48. The molecular formula is C37H33N7O2S. The summed E-state index contributed by atoms with van der Waals surface area (Å²) in [5.74, 6) is -0.163. The van der Waals surface area contributed by atoms with Crippen LogP contribution in [0.25, 0.3) is 11.1 Å². The van der Waals surface area contributed by atoms with Crippen molar-refractivity contribution < 1.29 is 9.59 Å². The summed E-state index contributed by atoms with van der Waals surface area (Å²) in [5, 5.41) is 11.2. The van der Waals surface area contributed by atoms with Gasteiger partial charge in [-0.3, -0.25) is 29.8 Å². The van der Waals surface area contributed by atoms with Crippen LogP contribution in [-0.2, 0) is 27.2 Å². The van der Waals surface area contributed by atoms with Gasteiger partial charge < -0.3 is 10.6 Å². The highest BCUT2D eigenvalue weighted by atomic mass is 32.1. The van der Waals surface area contributed by atoms with Crippen LogP contribution in [0.4, 0.5) is 5.69 Å². The molecule has 47 heavy (non-hydrogen) atoms. The van der Waals surface area contributed by atoms with Gasteiger partial charge in [0.15, 0.2) is 11.5 Å². The second-order valence-corrected chi connectivity index (χ2v) is 12.9. The molecule has 0 spiro atoms. The normalized spacial score (nSPS) is 19.3. The Hall–Kier alpha value is -5.61. The van der Waals surface area contributed by atoms with Gasteiger partial charge in [-0.05, 0) is 58.8 Å². The summed E-state index contributed by atoms with van der Waals surface area (Å²) < 4.78 is 0. The van der Waals surface area contributed by atoms with Crippen LogP contribution in [0, 0.1) is 5.41 Å². The van der Waals surface area contributed by atoms with Crippen molar-refractivity contribution >= 4 is 40.8 Å². The number of nitrogens with two attached hydrogens (primary N) is 1. The number of hydrogen-bond acceptors (Lipinski definition) is 7. The minimum atomic E-state index is -1.30. The van der Waals surface area contributed by atoms with Gasteiger partial charge in [0.05, 0.1) is 18.5 Å². The Labute approximate surface area is 277 Å². The van der Waals surface area contributed by atoms with Crippen molar-refractivity contribution in [3.8, 4) is 11.1 Å². The number of rotatable bonds is 7. The van der Waals surface area contributed by atoms with Gasteiger partial charge >= 0.3 is 0 Å². The van der Waals surface area contributed by atoms with Crippen LogP contribution < -0.4 is 10.6 Å². The highest BCUT2D eigenvalue weighted by Gasteiger charge is 2.51. The second-order valence-electron chi connectivity index (χ2n) is 12.0. The molecule has 9 nitrogen and oxygen atoms in total. The van der Waals surface area contributed by atoms with Crippen molar-refractivity contribution in [3.63, 3.8) is 0 Å². The zero-order valence-electron chi connectivity index (χ0n) is 26.0. The maximum Gasteiger partial charge on any atom is 0.266 e. The molecule has 3 N–H and O–H groups in total. The first-order valence-electron chi connectivity index (χ1n) is 15.2. The predicted octanol–water partition coefficient (Wildman–Crippen LogP) is 5.93. The molecule has 0 unspecified atom stereocenters. The number of nitrogens with one attached hydrogen (secondary N) is 1. The third-order valence-corrected chi connectivity index (χ3v) is 10.2. The number of benzene rings is 3. The SMILES string of the molecule is CN1C(=N)N(c2cccc(CN3C(=O)C(c4ccccc4)(c4ccccc4)N=C3N)c2)[C@](C)(c2cc(-c3cccnc3)cs2)CC1=O. The zero-order valence-corrected chi connectivity index (χ0v) is 26.8. The number of anilines is 1. The van der Waals surface area contributed by atoms with Gasteiger partial charge in [0.2, 0.25) is 11.9 Å². The number of hydrogen-bond donors (Lipinski definition) is 2. The Balaban J connectivity index is 1.24. The molecule has 234 valence electrons. The van der Waals surface area contributed by atoms with Crippen molar-refractivity contribution in [2.24, 2.45) is 10.7 Å². The zero-order chi connectivity index (χ0) is 32.8. The molecule has 2 aliphatic heterocycles. The molecule has 1 saturated heterocycles. The molecule has 2 aliphatic rings. The van der Waals surface area contributed by atoms with Crippen LogP contribution in [0.15, 0.2) is 126 Å². The third-order valence-electron chi connectivity index (χ3n) is 9.02. The first kappa shape index (κ1) is 30.1. The van der Waals surface area contributed by atoms with Crippen LogP contribution in [0.1, 0.15) is 34.9 Å². The molecule has 2 aromatic heterocycles. The van der Waals surface area contributed by atoms with E-state index in [1.54, 1.807) is 24.6 Å². The van der Waals surface area contributed by atoms with Crippen molar-refractivity contribution in [3.05, 3.63) is 142 Å². The van der Waals surface area contributed by atoms with E-state index in [4.69, 9.17) is 16.1 Å². The largest absolute Gasteiger partial charge is 0.369 e. The fourth-order valence-electron chi connectivity index (χ4n) is 6.51. The van der Waals surface area contributed by atoms with E-state index in [1.165, 1.54) is 9.80 Å². The highest BCUT2D eigenvalue weighted by molar-refractivity contribution is 7.10. The summed E-state index contributed by atoms with van der Waals surface area (Å²) >= 11 is 1.56. The monoisotopic (exact) mass is 639 g/mol. The van der Waals surface area contributed by atoms with Gasteiger partial charge in [0, 0.05) is 35.6 Å². The smallest absolute Gasteiger partial charge is 0.266 e. The molecule has 1 fully saturated rings.